The smallest absolute Gasteiger partial charge is 0.150 e. The summed E-state index contributed by atoms with van der Waals surface area (Å²) in [7, 11) is -6.35. The Labute approximate surface area is 109 Å². The van der Waals surface area contributed by atoms with Crippen LogP contribution < -0.4 is 5.73 Å². The van der Waals surface area contributed by atoms with Crippen molar-refractivity contribution in [3.8, 4) is 0 Å². The summed E-state index contributed by atoms with van der Waals surface area (Å²) in [5.41, 5.74) is 5.52. The molecule has 8 heteroatoms. The van der Waals surface area contributed by atoms with Crippen LogP contribution in [0.2, 0.25) is 0 Å². The van der Waals surface area contributed by atoms with E-state index in [-0.39, 0.29) is 30.1 Å². The van der Waals surface area contributed by atoms with Gasteiger partial charge >= 0.3 is 0 Å². The average Bonchev–Trinajstić information content (AvgIpc) is 2.21. The van der Waals surface area contributed by atoms with Crippen molar-refractivity contribution in [3.05, 3.63) is 0 Å². The molecule has 0 amide bonds. The maximum Gasteiger partial charge on any atom is 0.150 e. The Morgan fingerprint density at radius 1 is 1.11 bits per heavy atom. The fourth-order valence-corrected chi connectivity index (χ4v) is 3.38. The van der Waals surface area contributed by atoms with Gasteiger partial charge in [0.2, 0.25) is 0 Å². The Bertz CT molecular complexity index is 466. The van der Waals surface area contributed by atoms with E-state index in [1.807, 2.05) is 0 Å². The average molecular weight is 299 g/mol. The number of hydrogen-bond donors (Lipinski definition) is 1. The monoisotopic (exact) mass is 299 g/mol. The minimum atomic E-state index is -3.20. The highest BCUT2D eigenvalue weighted by atomic mass is 32.2. The quantitative estimate of drug-likeness (QED) is 0.616. The Kier molecular flexibility index (Phi) is 7.01. The Morgan fingerprint density at radius 3 is 2.11 bits per heavy atom. The highest BCUT2D eigenvalue weighted by Gasteiger charge is 2.18. The van der Waals surface area contributed by atoms with Crippen LogP contribution in [-0.4, -0.2) is 52.2 Å². The molecule has 108 valence electrons. The van der Waals surface area contributed by atoms with Crippen molar-refractivity contribution in [1.82, 2.24) is 0 Å². The maximum absolute atomic E-state index is 11.5. The van der Waals surface area contributed by atoms with Gasteiger partial charge < -0.3 is 5.73 Å². The molecule has 0 aliphatic rings. The summed E-state index contributed by atoms with van der Waals surface area (Å²) in [5, 5.41) is 0. The molecule has 0 spiro atoms. The summed E-state index contributed by atoms with van der Waals surface area (Å²) >= 11 is 0. The van der Waals surface area contributed by atoms with Crippen molar-refractivity contribution in [1.29, 1.82) is 0 Å². The van der Waals surface area contributed by atoms with Gasteiger partial charge in [-0.25, -0.2) is 16.8 Å². The number of rotatable bonds is 9. The molecular weight excluding hydrogens is 278 g/mol. The summed E-state index contributed by atoms with van der Waals surface area (Å²) in [5.74, 6) is -0.731. The van der Waals surface area contributed by atoms with Crippen LogP contribution in [0.25, 0.3) is 0 Å². The predicted molar refractivity (Wildman–Crippen MR) is 70.9 cm³/mol. The molecule has 18 heavy (non-hydrogen) atoms. The van der Waals surface area contributed by atoms with Gasteiger partial charge in [0.05, 0.1) is 17.5 Å². The molecular formula is C10H21NO5S2. The molecule has 0 aromatic rings. The zero-order chi connectivity index (χ0) is 14.4. The van der Waals surface area contributed by atoms with E-state index < -0.39 is 31.5 Å². The van der Waals surface area contributed by atoms with Gasteiger partial charge in [-0.05, 0) is 12.8 Å². The molecule has 0 bridgehead atoms. The summed E-state index contributed by atoms with van der Waals surface area (Å²) in [4.78, 5) is 11.5. The molecule has 0 rings (SSSR count). The molecule has 0 aromatic heterocycles. The van der Waals surface area contributed by atoms with Crippen LogP contribution >= 0.6 is 0 Å². The fourth-order valence-electron chi connectivity index (χ4n) is 1.36. The molecule has 0 saturated heterocycles. The number of nitrogens with two attached hydrogens (primary N) is 1. The summed E-state index contributed by atoms with van der Waals surface area (Å²) < 4.78 is 44.6. The van der Waals surface area contributed by atoms with Crippen molar-refractivity contribution in [2.75, 3.05) is 23.5 Å². The predicted octanol–water partition coefficient (Wildman–Crippen LogP) is -0.468. The molecule has 1 atom stereocenters. The highest BCUT2D eigenvalue weighted by molar-refractivity contribution is 7.91. The van der Waals surface area contributed by atoms with Gasteiger partial charge in [-0.3, -0.25) is 4.79 Å². The number of hydrogen-bond acceptors (Lipinski definition) is 6. The number of sulfone groups is 2. The number of ketones is 1. The summed E-state index contributed by atoms with van der Waals surface area (Å²) in [6.45, 7) is 1.75. The lowest BCUT2D eigenvalue weighted by atomic mass is 10.1. The SMILES string of the molecule is CCCS(=O)(=O)CCC(=O)C(N)CCS(C)(=O)=O. The van der Waals surface area contributed by atoms with Crippen LogP contribution in [0.15, 0.2) is 0 Å². The van der Waals surface area contributed by atoms with E-state index in [4.69, 9.17) is 5.73 Å². The van der Waals surface area contributed by atoms with Crippen LogP contribution in [-0.2, 0) is 24.5 Å². The minimum Gasteiger partial charge on any atom is -0.321 e. The third-order valence-electron chi connectivity index (χ3n) is 2.39. The summed E-state index contributed by atoms with van der Waals surface area (Å²) in [6, 6.07) is -0.906. The van der Waals surface area contributed by atoms with E-state index in [1.165, 1.54) is 0 Å². The lowest BCUT2D eigenvalue weighted by molar-refractivity contribution is -0.119. The van der Waals surface area contributed by atoms with Gasteiger partial charge in [0.25, 0.3) is 0 Å². The topological polar surface area (TPSA) is 111 Å². The Balaban J connectivity index is 4.18. The second-order valence-corrected chi connectivity index (χ2v) is 8.96. The van der Waals surface area contributed by atoms with Gasteiger partial charge in [-0.15, -0.1) is 0 Å². The molecule has 0 heterocycles. The van der Waals surface area contributed by atoms with Crippen molar-refractivity contribution < 1.29 is 21.6 Å². The van der Waals surface area contributed by atoms with Crippen LogP contribution in [0.4, 0.5) is 0 Å². The molecule has 0 radical (unpaired) electrons. The number of carbonyl (C=O) groups is 1. The van der Waals surface area contributed by atoms with Gasteiger partial charge in [0, 0.05) is 18.4 Å². The van der Waals surface area contributed by atoms with Crippen LogP contribution in [0.3, 0.4) is 0 Å². The molecule has 0 aliphatic carbocycles. The van der Waals surface area contributed by atoms with E-state index in [0.29, 0.717) is 6.42 Å². The summed E-state index contributed by atoms with van der Waals surface area (Å²) in [6.07, 6.45) is 1.46. The van der Waals surface area contributed by atoms with Gasteiger partial charge in [-0.2, -0.15) is 0 Å². The normalized spacial score (nSPS) is 14.4. The van der Waals surface area contributed by atoms with Crippen molar-refractivity contribution in [3.63, 3.8) is 0 Å². The number of Topliss-reactive ketones (excluding diaryl/α,β-unsaturated/α-hetero) is 1. The first-order chi connectivity index (χ1) is 8.07. The third-order valence-corrected chi connectivity index (χ3v) is 5.22. The van der Waals surface area contributed by atoms with E-state index >= 15 is 0 Å². The largest absolute Gasteiger partial charge is 0.321 e. The first kappa shape index (κ1) is 17.5. The van der Waals surface area contributed by atoms with E-state index in [1.54, 1.807) is 6.92 Å². The standard InChI is InChI=1S/C10H21NO5S2/c1-3-6-18(15,16)8-5-10(12)9(11)4-7-17(2,13)14/h9H,3-8,11H2,1-2H3. The van der Waals surface area contributed by atoms with Crippen LogP contribution in [0, 0.1) is 0 Å². The first-order valence-electron chi connectivity index (χ1n) is 5.74. The zero-order valence-corrected chi connectivity index (χ0v) is 12.4. The Hall–Kier alpha value is -0.470. The van der Waals surface area contributed by atoms with E-state index in [2.05, 4.69) is 0 Å². The molecule has 1 unspecified atom stereocenters. The Morgan fingerprint density at radius 2 is 1.67 bits per heavy atom. The van der Waals surface area contributed by atoms with Gasteiger partial charge in [0.15, 0.2) is 15.6 Å². The number of carbonyl (C=O) groups excluding carboxylic acids is 1. The zero-order valence-electron chi connectivity index (χ0n) is 10.8. The second-order valence-electron chi connectivity index (χ2n) is 4.39. The van der Waals surface area contributed by atoms with Crippen LogP contribution in [0.1, 0.15) is 26.2 Å². The maximum atomic E-state index is 11.5. The minimum absolute atomic E-state index is 0.0332. The molecule has 0 fully saturated rings. The first-order valence-corrected chi connectivity index (χ1v) is 9.62. The molecule has 0 saturated carbocycles. The van der Waals surface area contributed by atoms with Crippen molar-refractivity contribution >= 4 is 25.5 Å². The fraction of sp³-hybridized carbons (Fsp3) is 0.900. The highest BCUT2D eigenvalue weighted by Crippen LogP contribution is 2.02. The molecule has 6 nitrogen and oxygen atoms in total. The van der Waals surface area contributed by atoms with Crippen molar-refractivity contribution in [2.45, 2.75) is 32.2 Å². The lowest BCUT2D eigenvalue weighted by Crippen LogP contribution is -2.33. The van der Waals surface area contributed by atoms with Gasteiger partial charge in [-0.1, -0.05) is 6.92 Å². The third kappa shape index (κ3) is 8.60. The molecule has 0 aromatic carbocycles. The van der Waals surface area contributed by atoms with Crippen molar-refractivity contribution in [2.24, 2.45) is 5.73 Å². The van der Waals surface area contributed by atoms with E-state index in [9.17, 15) is 21.6 Å². The van der Waals surface area contributed by atoms with Gasteiger partial charge in [0.1, 0.15) is 9.84 Å². The van der Waals surface area contributed by atoms with Crippen LogP contribution in [0.5, 0.6) is 0 Å². The van der Waals surface area contributed by atoms with E-state index in [0.717, 1.165) is 6.26 Å². The molecule has 0 aliphatic heterocycles. The second kappa shape index (κ2) is 7.20. The lowest BCUT2D eigenvalue weighted by Gasteiger charge is -2.09. The molecule has 2 N–H and O–H groups in total.